The van der Waals surface area contributed by atoms with Gasteiger partial charge in [-0.1, -0.05) is 0 Å². The first kappa shape index (κ1) is 17.0. The van der Waals surface area contributed by atoms with Crippen molar-refractivity contribution >= 4 is 5.65 Å². The monoisotopic (exact) mass is 370 g/mol. The van der Waals surface area contributed by atoms with Gasteiger partial charge in [0.1, 0.15) is 0 Å². The van der Waals surface area contributed by atoms with Gasteiger partial charge in [0.15, 0.2) is 11.5 Å². The van der Waals surface area contributed by atoms with Gasteiger partial charge in [0.05, 0.1) is 0 Å². The smallest absolute Gasteiger partial charge is 0.156 e. The molecule has 6 nitrogen and oxygen atoms in total. The van der Waals surface area contributed by atoms with Crippen molar-refractivity contribution in [2.45, 2.75) is 25.3 Å². The highest BCUT2D eigenvalue weighted by atomic mass is 15.3. The molecule has 28 heavy (non-hydrogen) atoms. The van der Waals surface area contributed by atoms with E-state index in [1.54, 1.807) is 0 Å². The minimum atomic E-state index is 0.375. The average Bonchev–Trinajstić information content (AvgIpc) is 3.19. The highest BCUT2D eigenvalue weighted by Crippen LogP contribution is 2.27. The van der Waals surface area contributed by atoms with Gasteiger partial charge >= 0.3 is 0 Å². The lowest BCUT2D eigenvalue weighted by Crippen LogP contribution is -2.34. The molecule has 1 fully saturated rings. The van der Waals surface area contributed by atoms with Crippen molar-refractivity contribution in [2.24, 2.45) is 0 Å². The molecule has 0 bridgehead atoms. The van der Waals surface area contributed by atoms with Crippen molar-refractivity contribution in [3.63, 3.8) is 0 Å². The largest absolute Gasteiger partial charge is 0.298 e. The first-order valence-electron chi connectivity index (χ1n) is 9.73. The van der Waals surface area contributed by atoms with Crippen molar-refractivity contribution in [1.29, 1.82) is 0 Å². The maximum Gasteiger partial charge on any atom is 0.156 e. The van der Waals surface area contributed by atoms with Gasteiger partial charge in [-0.05, 0) is 66.9 Å². The molecule has 0 unspecified atom stereocenters. The third-order valence-corrected chi connectivity index (χ3v) is 5.39. The van der Waals surface area contributed by atoms with Crippen LogP contribution >= 0.6 is 0 Å². The van der Waals surface area contributed by atoms with E-state index in [4.69, 9.17) is 10.1 Å². The van der Waals surface area contributed by atoms with Gasteiger partial charge in [0.2, 0.25) is 0 Å². The molecule has 0 amide bonds. The van der Waals surface area contributed by atoms with Crippen molar-refractivity contribution in [3.05, 3.63) is 78.8 Å². The fourth-order valence-electron chi connectivity index (χ4n) is 3.94. The molecule has 4 aromatic heterocycles. The second-order valence-electron chi connectivity index (χ2n) is 7.36. The number of hydrogen-bond acceptors (Lipinski definition) is 5. The fourth-order valence-corrected chi connectivity index (χ4v) is 3.94. The van der Waals surface area contributed by atoms with Gasteiger partial charge in [-0.25, -0.2) is 9.50 Å². The third kappa shape index (κ3) is 3.51. The van der Waals surface area contributed by atoms with E-state index in [1.807, 2.05) is 47.5 Å². The SMILES string of the molecule is c1cc(CN2CCC[C@@H](c3nc4ccc(-c5ccncc5)cn4n3)C2)ccn1. The van der Waals surface area contributed by atoms with E-state index in [2.05, 4.69) is 39.3 Å². The lowest BCUT2D eigenvalue weighted by atomic mass is 9.97. The Morgan fingerprint density at radius 1 is 0.893 bits per heavy atom. The molecule has 6 heteroatoms. The fraction of sp³-hybridized carbons (Fsp3) is 0.273. The molecule has 1 atom stereocenters. The third-order valence-electron chi connectivity index (χ3n) is 5.39. The molecule has 0 saturated carbocycles. The maximum atomic E-state index is 4.82. The summed E-state index contributed by atoms with van der Waals surface area (Å²) >= 11 is 0. The van der Waals surface area contributed by atoms with E-state index >= 15 is 0 Å². The summed E-state index contributed by atoms with van der Waals surface area (Å²) in [7, 11) is 0. The second kappa shape index (κ2) is 7.48. The summed E-state index contributed by atoms with van der Waals surface area (Å²) in [6, 6.07) is 12.3. The van der Waals surface area contributed by atoms with Crippen LogP contribution in [-0.4, -0.2) is 42.6 Å². The Morgan fingerprint density at radius 3 is 2.50 bits per heavy atom. The molecule has 1 saturated heterocycles. The molecule has 0 radical (unpaired) electrons. The zero-order valence-electron chi connectivity index (χ0n) is 15.6. The Bertz CT molecular complexity index is 1060. The Labute approximate surface area is 163 Å². The number of rotatable bonds is 4. The van der Waals surface area contributed by atoms with Gasteiger partial charge in [-0.15, -0.1) is 0 Å². The van der Waals surface area contributed by atoms with Crippen molar-refractivity contribution in [3.8, 4) is 11.1 Å². The lowest BCUT2D eigenvalue weighted by Gasteiger charge is -2.31. The Kier molecular flexibility index (Phi) is 4.54. The van der Waals surface area contributed by atoms with Crippen molar-refractivity contribution in [2.75, 3.05) is 13.1 Å². The normalized spacial score (nSPS) is 17.8. The second-order valence-corrected chi connectivity index (χ2v) is 7.36. The Balaban J connectivity index is 1.36. The van der Waals surface area contributed by atoms with Crippen molar-refractivity contribution in [1.82, 2.24) is 29.5 Å². The summed E-state index contributed by atoms with van der Waals surface area (Å²) in [5.74, 6) is 1.33. The van der Waals surface area contributed by atoms with Crippen LogP contribution in [0.5, 0.6) is 0 Å². The molecule has 0 aromatic carbocycles. The highest BCUT2D eigenvalue weighted by Gasteiger charge is 2.24. The Morgan fingerprint density at radius 2 is 1.68 bits per heavy atom. The molecule has 5 rings (SSSR count). The standard InChI is InChI=1S/C22H22N6/c1-2-20(15-27(13-1)14-17-5-9-23-10-6-17)22-25-21-4-3-19(16-28(21)26-22)18-7-11-24-12-8-18/h3-12,16,20H,1-2,13-15H2/t20-/m1/s1. The van der Waals surface area contributed by atoms with Gasteiger partial charge in [-0.2, -0.15) is 5.10 Å². The van der Waals surface area contributed by atoms with Crippen LogP contribution in [0.4, 0.5) is 0 Å². The zero-order chi connectivity index (χ0) is 18.8. The van der Waals surface area contributed by atoms with E-state index in [0.29, 0.717) is 5.92 Å². The molecular weight excluding hydrogens is 348 g/mol. The average molecular weight is 370 g/mol. The minimum Gasteiger partial charge on any atom is -0.298 e. The molecule has 140 valence electrons. The predicted octanol–water partition coefficient (Wildman–Crippen LogP) is 3.57. The molecule has 0 aliphatic carbocycles. The minimum absolute atomic E-state index is 0.375. The van der Waals surface area contributed by atoms with E-state index in [9.17, 15) is 0 Å². The number of nitrogens with zero attached hydrogens (tertiary/aromatic N) is 6. The number of likely N-dealkylation sites (tertiary alicyclic amines) is 1. The highest BCUT2D eigenvalue weighted by molar-refractivity contribution is 5.63. The summed E-state index contributed by atoms with van der Waals surface area (Å²) in [5, 5.41) is 4.82. The van der Waals surface area contributed by atoms with Gasteiger partial charge in [0.25, 0.3) is 0 Å². The molecule has 1 aliphatic rings. The van der Waals surface area contributed by atoms with E-state index in [0.717, 1.165) is 48.7 Å². The van der Waals surface area contributed by atoms with Crippen LogP contribution < -0.4 is 0 Å². The molecule has 5 heterocycles. The van der Waals surface area contributed by atoms with Crippen LogP contribution in [0.15, 0.2) is 67.4 Å². The summed E-state index contributed by atoms with van der Waals surface area (Å²) < 4.78 is 1.91. The van der Waals surface area contributed by atoms with Gasteiger partial charge in [-0.3, -0.25) is 14.9 Å². The van der Waals surface area contributed by atoms with E-state index in [-0.39, 0.29) is 0 Å². The summed E-state index contributed by atoms with van der Waals surface area (Å²) in [4.78, 5) is 15.5. The first-order valence-corrected chi connectivity index (χ1v) is 9.73. The molecule has 4 aromatic rings. The summed E-state index contributed by atoms with van der Waals surface area (Å²) in [6.45, 7) is 3.08. The molecular formula is C22H22N6. The van der Waals surface area contributed by atoms with Crippen molar-refractivity contribution < 1.29 is 0 Å². The Hall–Kier alpha value is -3.12. The molecule has 0 spiro atoms. The maximum absolute atomic E-state index is 4.82. The van der Waals surface area contributed by atoms with Crippen LogP contribution in [0.1, 0.15) is 30.1 Å². The summed E-state index contributed by atoms with van der Waals surface area (Å²) in [5.41, 5.74) is 4.46. The first-order chi connectivity index (χ1) is 13.8. The van der Waals surface area contributed by atoms with Crippen LogP contribution in [0.3, 0.4) is 0 Å². The number of hydrogen-bond donors (Lipinski definition) is 0. The number of piperidine rings is 1. The van der Waals surface area contributed by atoms with Crippen LogP contribution in [0.25, 0.3) is 16.8 Å². The van der Waals surface area contributed by atoms with Crippen LogP contribution in [-0.2, 0) is 6.54 Å². The molecule has 0 N–H and O–H groups in total. The van der Waals surface area contributed by atoms with E-state index < -0.39 is 0 Å². The van der Waals surface area contributed by atoms with Gasteiger partial charge in [0, 0.05) is 55.6 Å². The topological polar surface area (TPSA) is 59.2 Å². The molecule has 1 aliphatic heterocycles. The number of aromatic nitrogens is 5. The lowest BCUT2D eigenvalue weighted by molar-refractivity contribution is 0.196. The predicted molar refractivity (Wildman–Crippen MR) is 108 cm³/mol. The number of fused-ring (bicyclic) bond motifs is 1. The quantitative estimate of drug-likeness (QED) is 0.550. The summed E-state index contributed by atoms with van der Waals surface area (Å²) in [6.07, 6.45) is 11.7. The number of pyridine rings is 3. The van der Waals surface area contributed by atoms with Gasteiger partial charge < -0.3 is 0 Å². The zero-order valence-corrected chi connectivity index (χ0v) is 15.6. The van der Waals surface area contributed by atoms with Crippen LogP contribution in [0.2, 0.25) is 0 Å². The van der Waals surface area contributed by atoms with E-state index in [1.165, 1.54) is 12.0 Å². The van der Waals surface area contributed by atoms with Crippen LogP contribution in [0, 0.1) is 0 Å².